The molecule has 2 N–H and O–H groups in total. The van der Waals surface area contributed by atoms with E-state index in [-0.39, 0.29) is 6.10 Å². The Labute approximate surface area is 62.9 Å². The summed E-state index contributed by atoms with van der Waals surface area (Å²) in [4.78, 5) is 0. The Morgan fingerprint density at radius 2 is 1.70 bits per heavy atom. The molecule has 0 aromatic heterocycles. The van der Waals surface area contributed by atoms with E-state index in [0.717, 1.165) is 32.1 Å². The molecule has 1 atom stereocenters. The molecule has 0 amide bonds. The van der Waals surface area contributed by atoms with Crippen LogP contribution in [-0.2, 0) is 0 Å². The molecule has 0 aliphatic carbocycles. The largest absolute Gasteiger partial charge is 0.396 e. The van der Waals surface area contributed by atoms with Crippen molar-refractivity contribution in [2.75, 3.05) is 6.61 Å². The molecule has 2 nitrogen and oxygen atoms in total. The van der Waals surface area contributed by atoms with Gasteiger partial charge < -0.3 is 10.2 Å². The van der Waals surface area contributed by atoms with Gasteiger partial charge in [0, 0.05) is 6.61 Å². The van der Waals surface area contributed by atoms with Crippen molar-refractivity contribution in [3.63, 3.8) is 0 Å². The lowest BCUT2D eigenvalue weighted by Gasteiger charge is -2.01. The summed E-state index contributed by atoms with van der Waals surface area (Å²) in [7, 11) is 0. The predicted molar refractivity (Wildman–Crippen MR) is 41.9 cm³/mol. The number of hydrogen-bond acceptors (Lipinski definition) is 2. The van der Waals surface area contributed by atoms with Crippen molar-refractivity contribution in [1.82, 2.24) is 0 Å². The molecule has 0 fully saturated rings. The third-order valence-corrected chi connectivity index (χ3v) is 1.53. The summed E-state index contributed by atoms with van der Waals surface area (Å²) in [5.74, 6) is 0. The second kappa shape index (κ2) is 7.03. The number of unbranched alkanes of at least 4 members (excludes halogenated alkanes) is 3. The lowest BCUT2D eigenvalue weighted by atomic mass is 10.1. The van der Waals surface area contributed by atoms with Gasteiger partial charge >= 0.3 is 0 Å². The summed E-state index contributed by atoms with van der Waals surface area (Å²) >= 11 is 0. The number of aliphatic hydroxyl groups excluding tert-OH is 2. The first kappa shape index (κ1) is 9.92. The minimum absolute atomic E-state index is 0.158. The van der Waals surface area contributed by atoms with Crippen molar-refractivity contribution in [3.8, 4) is 0 Å². The van der Waals surface area contributed by atoms with Crippen LogP contribution in [0.4, 0.5) is 0 Å². The second-order valence-electron chi connectivity index (χ2n) is 2.78. The lowest BCUT2D eigenvalue weighted by Crippen LogP contribution is -1.98. The van der Waals surface area contributed by atoms with Crippen LogP contribution in [0.2, 0.25) is 0 Å². The Bertz CT molecular complexity index is 62.3. The molecule has 0 saturated heterocycles. The first-order valence-electron chi connectivity index (χ1n) is 4.06. The van der Waals surface area contributed by atoms with Gasteiger partial charge in [-0.2, -0.15) is 0 Å². The van der Waals surface area contributed by atoms with Crippen LogP contribution in [0.15, 0.2) is 0 Å². The molecule has 2 heteroatoms. The maximum absolute atomic E-state index is 8.86. The van der Waals surface area contributed by atoms with Crippen LogP contribution >= 0.6 is 0 Å². The van der Waals surface area contributed by atoms with E-state index in [1.165, 1.54) is 0 Å². The molecule has 0 radical (unpaired) electrons. The number of hydrogen-bond donors (Lipinski definition) is 2. The van der Waals surface area contributed by atoms with Crippen LogP contribution in [0.3, 0.4) is 0 Å². The third kappa shape index (κ3) is 7.92. The first-order chi connectivity index (χ1) is 4.77. The van der Waals surface area contributed by atoms with Gasteiger partial charge in [0.2, 0.25) is 0 Å². The second-order valence-corrected chi connectivity index (χ2v) is 2.78. The summed E-state index contributed by atoms with van der Waals surface area (Å²) in [6.45, 7) is 2.11. The minimum Gasteiger partial charge on any atom is -0.396 e. The highest BCUT2D eigenvalue weighted by atomic mass is 16.3. The summed E-state index contributed by atoms with van der Waals surface area (Å²) in [5, 5.41) is 17.3. The van der Waals surface area contributed by atoms with E-state index in [1.54, 1.807) is 0 Å². The molecular formula is C8H18O2. The summed E-state index contributed by atoms with van der Waals surface area (Å²) in [5.41, 5.74) is 0. The smallest absolute Gasteiger partial charge is 0.0512 e. The van der Waals surface area contributed by atoms with Crippen LogP contribution < -0.4 is 0 Å². The maximum atomic E-state index is 8.86. The highest BCUT2D eigenvalue weighted by molar-refractivity contribution is 4.48. The van der Waals surface area contributed by atoms with E-state index in [2.05, 4.69) is 0 Å². The Morgan fingerprint density at radius 1 is 1.10 bits per heavy atom. The lowest BCUT2D eigenvalue weighted by molar-refractivity contribution is 0.180. The van der Waals surface area contributed by atoms with Gasteiger partial charge in [0.05, 0.1) is 6.10 Å². The standard InChI is InChI=1S/C8H18O2/c1-8(10)6-4-2-3-5-7-9/h8-10H,2-7H2,1H3/t8-/m1/s1. The van der Waals surface area contributed by atoms with E-state index in [9.17, 15) is 0 Å². The fourth-order valence-corrected chi connectivity index (χ4v) is 0.905. The van der Waals surface area contributed by atoms with E-state index in [4.69, 9.17) is 10.2 Å². The molecule has 0 heterocycles. The topological polar surface area (TPSA) is 40.5 Å². The van der Waals surface area contributed by atoms with Gasteiger partial charge in [0.1, 0.15) is 0 Å². The molecule has 0 rings (SSSR count). The highest BCUT2D eigenvalue weighted by Gasteiger charge is 1.94. The zero-order valence-corrected chi connectivity index (χ0v) is 6.71. The zero-order chi connectivity index (χ0) is 7.82. The summed E-state index contributed by atoms with van der Waals surface area (Å²) < 4.78 is 0. The first-order valence-corrected chi connectivity index (χ1v) is 4.06. The fourth-order valence-electron chi connectivity index (χ4n) is 0.905. The summed E-state index contributed by atoms with van der Waals surface area (Å²) in [6, 6.07) is 0. The Morgan fingerprint density at radius 3 is 2.20 bits per heavy atom. The molecule has 0 unspecified atom stereocenters. The van der Waals surface area contributed by atoms with Gasteiger partial charge in [-0.05, 0) is 19.8 Å². The van der Waals surface area contributed by atoms with Crippen LogP contribution in [-0.4, -0.2) is 22.9 Å². The molecule has 0 spiro atoms. The zero-order valence-electron chi connectivity index (χ0n) is 6.71. The van der Waals surface area contributed by atoms with E-state index in [1.807, 2.05) is 6.92 Å². The van der Waals surface area contributed by atoms with Gasteiger partial charge in [0.25, 0.3) is 0 Å². The molecule has 0 aromatic rings. The average Bonchev–Trinajstić information content (AvgIpc) is 1.87. The van der Waals surface area contributed by atoms with Gasteiger partial charge in [-0.1, -0.05) is 19.3 Å². The van der Waals surface area contributed by atoms with Crippen molar-refractivity contribution in [1.29, 1.82) is 0 Å². The fraction of sp³-hybridized carbons (Fsp3) is 1.00. The van der Waals surface area contributed by atoms with Crippen molar-refractivity contribution < 1.29 is 10.2 Å². The van der Waals surface area contributed by atoms with Crippen LogP contribution in [0.5, 0.6) is 0 Å². The van der Waals surface area contributed by atoms with Crippen molar-refractivity contribution in [3.05, 3.63) is 0 Å². The van der Waals surface area contributed by atoms with Crippen molar-refractivity contribution >= 4 is 0 Å². The molecule has 0 aliphatic rings. The molecule has 62 valence electrons. The van der Waals surface area contributed by atoms with Crippen LogP contribution in [0, 0.1) is 0 Å². The quantitative estimate of drug-likeness (QED) is 0.555. The van der Waals surface area contributed by atoms with E-state index < -0.39 is 0 Å². The number of rotatable bonds is 6. The van der Waals surface area contributed by atoms with Gasteiger partial charge in [-0.3, -0.25) is 0 Å². The summed E-state index contributed by atoms with van der Waals surface area (Å²) in [6.07, 6.45) is 4.94. The molecular weight excluding hydrogens is 128 g/mol. The van der Waals surface area contributed by atoms with Crippen LogP contribution in [0.25, 0.3) is 0 Å². The molecule has 0 bridgehead atoms. The molecule has 10 heavy (non-hydrogen) atoms. The van der Waals surface area contributed by atoms with Gasteiger partial charge in [0.15, 0.2) is 0 Å². The predicted octanol–water partition coefficient (Wildman–Crippen LogP) is 1.31. The number of aliphatic hydroxyl groups is 2. The van der Waals surface area contributed by atoms with E-state index in [0.29, 0.717) is 6.61 Å². The monoisotopic (exact) mass is 146 g/mol. The molecule has 0 saturated carbocycles. The third-order valence-electron chi connectivity index (χ3n) is 1.53. The molecule has 0 aliphatic heterocycles. The van der Waals surface area contributed by atoms with E-state index >= 15 is 0 Å². The van der Waals surface area contributed by atoms with Gasteiger partial charge in [-0.15, -0.1) is 0 Å². The van der Waals surface area contributed by atoms with Crippen molar-refractivity contribution in [2.45, 2.75) is 45.1 Å². The average molecular weight is 146 g/mol. The Kier molecular flexibility index (Phi) is 6.98. The maximum Gasteiger partial charge on any atom is 0.0512 e. The Balaban J connectivity index is 2.77. The molecule has 0 aromatic carbocycles. The highest BCUT2D eigenvalue weighted by Crippen LogP contribution is 2.04. The Hall–Kier alpha value is -0.0800. The van der Waals surface area contributed by atoms with Gasteiger partial charge in [-0.25, -0.2) is 0 Å². The minimum atomic E-state index is -0.158. The normalized spacial score (nSPS) is 13.5. The van der Waals surface area contributed by atoms with Crippen molar-refractivity contribution in [2.24, 2.45) is 0 Å². The van der Waals surface area contributed by atoms with Crippen LogP contribution in [0.1, 0.15) is 39.0 Å². The SMILES string of the molecule is C[C@@H](O)CCCCCCO.